The minimum Gasteiger partial charge on any atom is -0.289 e. The van der Waals surface area contributed by atoms with E-state index in [-0.39, 0.29) is 11.8 Å². The molecule has 1 aliphatic heterocycles. The summed E-state index contributed by atoms with van der Waals surface area (Å²) < 4.78 is 0. The van der Waals surface area contributed by atoms with Gasteiger partial charge in [-0.15, -0.1) is 0 Å². The first-order valence-electron chi connectivity index (χ1n) is 3.83. The van der Waals surface area contributed by atoms with Crippen LogP contribution in [0.1, 0.15) is 12.8 Å². The summed E-state index contributed by atoms with van der Waals surface area (Å²) in [4.78, 5) is 34.6. The van der Waals surface area contributed by atoms with Crippen LogP contribution in [0.15, 0.2) is 16.6 Å². The molecule has 13 heavy (non-hydrogen) atoms. The Morgan fingerprint density at radius 3 is 2.77 bits per heavy atom. The van der Waals surface area contributed by atoms with Crippen molar-refractivity contribution in [1.82, 2.24) is 5.32 Å². The average molecular weight is 180 g/mol. The van der Waals surface area contributed by atoms with Gasteiger partial charge in [-0.25, -0.2) is 9.79 Å². The number of hydrogen-bond donors (Lipinski definition) is 1. The minimum atomic E-state index is -0.376. The number of hydrogen-bond acceptors (Lipinski definition) is 4. The highest BCUT2D eigenvalue weighted by molar-refractivity contribution is 6.16. The van der Waals surface area contributed by atoms with E-state index < -0.39 is 0 Å². The second-order valence-corrected chi connectivity index (χ2v) is 2.56. The molecular formula is C8H8N2O3. The Balaban J connectivity index is 2.37. The van der Waals surface area contributed by atoms with Crippen LogP contribution < -0.4 is 5.32 Å². The van der Waals surface area contributed by atoms with E-state index >= 15 is 0 Å². The molecule has 0 atom stereocenters. The standard InChI is InChI=1S/C8H8N2O3/c11-5-9-3-1-2-6-4-7(12)10-8(6)13/h4H,1-3H2,(H,10,12,13). The summed E-state index contributed by atoms with van der Waals surface area (Å²) in [6.45, 7) is 0.336. The number of carbonyl (C=O) groups is 2. The van der Waals surface area contributed by atoms with Gasteiger partial charge in [0.2, 0.25) is 6.08 Å². The van der Waals surface area contributed by atoms with Crippen LogP contribution in [0.2, 0.25) is 0 Å². The van der Waals surface area contributed by atoms with Crippen LogP contribution in [-0.4, -0.2) is 24.4 Å². The van der Waals surface area contributed by atoms with Crippen LogP contribution in [0.3, 0.4) is 0 Å². The molecule has 1 heterocycles. The summed E-state index contributed by atoms with van der Waals surface area (Å²) in [7, 11) is 0. The molecule has 0 aromatic carbocycles. The third kappa shape index (κ3) is 2.65. The summed E-state index contributed by atoms with van der Waals surface area (Å²) in [6.07, 6.45) is 3.70. The molecule has 0 aromatic rings. The zero-order valence-corrected chi connectivity index (χ0v) is 6.87. The Hall–Kier alpha value is -1.74. The summed E-state index contributed by atoms with van der Waals surface area (Å²) in [5, 5.41) is 2.13. The Kier molecular flexibility index (Phi) is 3.11. The lowest BCUT2D eigenvalue weighted by Gasteiger charge is -1.95. The van der Waals surface area contributed by atoms with Crippen LogP contribution in [0.4, 0.5) is 0 Å². The number of nitrogens with zero attached hydrogens (tertiary/aromatic N) is 1. The summed E-state index contributed by atoms with van der Waals surface area (Å²) in [5.41, 5.74) is 0.450. The number of imide groups is 1. The normalized spacial score (nSPS) is 14.9. The molecule has 68 valence electrons. The van der Waals surface area contributed by atoms with Crippen LogP contribution >= 0.6 is 0 Å². The van der Waals surface area contributed by atoms with Crippen LogP contribution in [-0.2, 0) is 14.4 Å². The molecule has 0 unspecified atom stereocenters. The van der Waals surface area contributed by atoms with Gasteiger partial charge in [0.25, 0.3) is 11.8 Å². The maximum Gasteiger partial charge on any atom is 0.254 e. The van der Waals surface area contributed by atoms with Gasteiger partial charge in [-0.3, -0.25) is 14.9 Å². The molecule has 1 N–H and O–H groups in total. The van der Waals surface area contributed by atoms with Crippen molar-refractivity contribution in [3.63, 3.8) is 0 Å². The SMILES string of the molecule is O=C=NCCCC1=CC(=O)NC1=O. The highest BCUT2D eigenvalue weighted by atomic mass is 16.2. The highest BCUT2D eigenvalue weighted by Gasteiger charge is 2.19. The van der Waals surface area contributed by atoms with E-state index in [0.29, 0.717) is 25.0 Å². The van der Waals surface area contributed by atoms with Gasteiger partial charge in [-0.2, -0.15) is 0 Å². The Morgan fingerprint density at radius 2 is 2.23 bits per heavy atom. The number of aliphatic imine (C=N–C) groups is 1. The molecule has 5 nitrogen and oxygen atoms in total. The molecule has 2 amide bonds. The van der Waals surface area contributed by atoms with Gasteiger partial charge in [0.15, 0.2) is 0 Å². The fourth-order valence-electron chi connectivity index (χ4n) is 1.03. The van der Waals surface area contributed by atoms with Crippen LogP contribution in [0, 0.1) is 0 Å². The summed E-state index contributed by atoms with van der Waals surface area (Å²) >= 11 is 0. The lowest BCUT2D eigenvalue weighted by molar-refractivity contribution is -0.123. The van der Waals surface area contributed by atoms with E-state index in [1.807, 2.05) is 0 Å². The number of nitrogens with one attached hydrogen (secondary N) is 1. The van der Waals surface area contributed by atoms with E-state index in [1.165, 1.54) is 12.2 Å². The fourth-order valence-corrected chi connectivity index (χ4v) is 1.03. The average Bonchev–Trinajstić information content (AvgIpc) is 2.39. The molecule has 0 aromatic heterocycles. The van der Waals surface area contributed by atoms with Crippen molar-refractivity contribution < 1.29 is 14.4 Å². The first-order chi connectivity index (χ1) is 6.24. The number of carbonyl (C=O) groups excluding carboxylic acids is 3. The maximum atomic E-state index is 10.9. The Labute approximate surface area is 74.5 Å². The van der Waals surface area contributed by atoms with Gasteiger partial charge >= 0.3 is 0 Å². The molecule has 0 saturated heterocycles. The third-order valence-corrected chi connectivity index (χ3v) is 1.61. The first kappa shape index (κ1) is 9.35. The van der Waals surface area contributed by atoms with Crippen molar-refractivity contribution in [2.45, 2.75) is 12.8 Å². The molecular weight excluding hydrogens is 172 g/mol. The topological polar surface area (TPSA) is 75.6 Å². The lowest BCUT2D eigenvalue weighted by Crippen LogP contribution is -2.22. The van der Waals surface area contributed by atoms with Gasteiger partial charge in [0, 0.05) is 11.6 Å². The highest BCUT2D eigenvalue weighted by Crippen LogP contribution is 2.09. The monoisotopic (exact) mass is 180 g/mol. The lowest BCUT2D eigenvalue weighted by atomic mass is 10.1. The van der Waals surface area contributed by atoms with E-state index in [0.717, 1.165) is 0 Å². The largest absolute Gasteiger partial charge is 0.289 e. The summed E-state index contributed by atoms with van der Waals surface area (Å²) in [6, 6.07) is 0. The Morgan fingerprint density at radius 1 is 1.46 bits per heavy atom. The first-order valence-corrected chi connectivity index (χ1v) is 3.83. The smallest absolute Gasteiger partial charge is 0.254 e. The van der Waals surface area contributed by atoms with E-state index in [1.54, 1.807) is 0 Å². The molecule has 0 fully saturated rings. The van der Waals surface area contributed by atoms with E-state index in [9.17, 15) is 14.4 Å². The molecule has 1 aliphatic rings. The minimum absolute atomic E-state index is 0.336. The molecule has 0 spiro atoms. The summed E-state index contributed by atoms with van der Waals surface area (Å²) in [5.74, 6) is -0.723. The molecule has 1 rings (SSSR count). The molecule has 0 aliphatic carbocycles. The van der Waals surface area contributed by atoms with Crippen molar-refractivity contribution in [3.8, 4) is 0 Å². The zero-order chi connectivity index (χ0) is 9.68. The van der Waals surface area contributed by atoms with Crippen molar-refractivity contribution in [3.05, 3.63) is 11.6 Å². The molecule has 0 radical (unpaired) electrons. The zero-order valence-electron chi connectivity index (χ0n) is 6.87. The second kappa shape index (κ2) is 4.33. The van der Waals surface area contributed by atoms with Crippen molar-refractivity contribution in [2.24, 2.45) is 4.99 Å². The molecule has 0 saturated carbocycles. The van der Waals surface area contributed by atoms with Gasteiger partial charge in [0.05, 0.1) is 6.54 Å². The predicted octanol–water partition coefficient (Wildman–Crippen LogP) is -0.315. The fraction of sp³-hybridized carbons (Fsp3) is 0.375. The second-order valence-electron chi connectivity index (χ2n) is 2.56. The maximum absolute atomic E-state index is 10.9. The van der Waals surface area contributed by atoms with E-state index in [2.05, 4.69) is 10.3 Å². The van der Waals surface area contributed by atoms with Gasteiger partial charge in [-0.05, 0) is 12.8 Å². The van der Waals surface area contributed by atoms with Crippen molar-refractivity contribution >= 4 is 17.9 Å². The number of amides is 2. The Bertz CT molecular complexity index is 313. The van der Waals surface area contributed by atoms with Gasteiger partial charge in [-0.1, -0.05) is 0 Å². The quantitative estimate of drug-likeness (QED) is 0.279. The molecule has 5 heteroatoms. The van der Waals surface area contributed by atoms with Crippen molar-refractivity contribution in [2.75, 3.05) is 6.54 Å². The van der Waals surface area contributed by atoms with E-state index in [4.69, 9.17) is 0 Å². The number of rotatable bonds is 4. The van der Waals surface area contributed by atoms with Gasteiger partial charge in [0.1, 0.15) is 0 Å². The van der Waals surface area contributed by atoms with Crippen molar-refractivity contribution in [1.29, 1.82) is 0 Å². The third-order valence-electron chi connectivity index (χ3n) is 1.61. The number of isocyanates is 1. The van der Waals surface area contributed by atoms with Crippen LogP contribution in [0.25, 0.3) is 0 Å². The van der Waals surface area contributed by atoms with Gasteiger partial charge < -0.3 is 0 Å². The van der Waals surface area contributed by atoms with Crippen LogP contribution in [0.5, 0.6) is 0 Å². The predicted molar refractivity (Wildman–Crippen MR) is 43.5 cm³/mol. The molecule has 0 bridgehead atoms.